The number of thiazole rings is 1. The minimum Gasteiger partial charge on any atom is -0.493 e. The molecule has 0 saturated carbocycles. The summed E-state index contributed by atoms with van der Waals surface area (Å²) in [4.78, 5) is 24.0. The van der Waals surface area contributed by atoms with Crippen LogP contribution in [-0.2, 0) is 4.79 Å². The van der Waals surface area contributed by atoms with Crippen LogP contribution in [0.4, 0.5) is 5.13 Å². The van der Waals surface area contributed by atoms with E-state index in [0.29, 0.717) is 44.6 Å². The Labute approximate surface area is 177 Å². The number of thioether (sulfide) groups is 1. The van der Waals surface area contributed by atoms with Gasteiger partial charge in [-0.25, -0.2) is 4.98 Å². The van der Waals surface area contributed by atoms with Crippen molar-refractivity contribution in [1.29, 1.82) is 0 Å². The molecule has 1 fully saturated rings. The first-order chi connectivity index (χ1) is 14.0. The second kappa shape index (κ2) is 9.15. The van der Waals surface area contributed by atoms with Gasteiger partial charge < -0.3 is 14.2 Å². The van der Waals surface area contributed by atoms with Crippen molar-refractivity contribution in [2.24, 2.45) is 4.99 Å². The number of nitrogens with zero attached hydrogens (tertiary/aromatic N) is 3. The molecule has 0 bridgehead atoms. The molecule has 0 spiro atoms. The van der Waals surface area contributed by atoms with Crippen molar-refractivity contribution in [1.82, 2.24) is 9.88 Å². The Morgan fingerprint density at radius 3 is 2.55 bits per heavy atom. The summed E-state index contributed by atoms with van der Waals surface area (Å²) < 4.78 is 16.3. The maximum atomic E-state index is 13.0. The molecule has 0 unspecified atom stereocenters. The third-order valence-corrected chi connectivity index (χ3v) is 5.88. The van der Waals surface area contributed by atoms with Crippen LogP contribution in [0, 0.1) is 6.92 Å². The second-order valence-electron chi connectivity index (χ2n) is 5.90. The van der Waals surface area contributed by atoms with Crippen molar-refractivity contribution in [2.45, 2.75) is 6.92 Å². The molecule has 0 atom stereocenters. The second-order valence-corrected chi connectivity index (χ2v) is 7.75. The number of methoxy groups -OCH3 is 3. The van der Waals surface area contributed by atoms with E-state index < -0.39 is 0 Å². The summed E-state index contributed by atoms with van der Waals surface area (Å²) in [5.74, 6) is 1.35. The van der Waals surface area contributed by atoms with Gasteiger partial charge in [0.25, 0.3) is 5.91 Å². The van der Waals surface area contributed by atoms with Gasteiger partial charge in [0, 0.05) is 17.5 Å². The van der Waals surface area contributed by atoms with Crippen molar-refractivity contribution >= 4 is 45.4 Å². The van der Waals surface area contributed by atoms with E-state index in [4.69, 9.17) is 14.2 Å². The van der Waals surface area contributed by atoms with Gasteiger partial charge in [0.05, 0.1) is 31.9 Å². The normalized spacial score (nSPS) is 16.6. The lowest BCUT2D eigenvalue weighted by Crippen LogP contribution is -2.29. The van der Waals surface area contributed by atoms with E-state index in [1.807, 2.05) is 18.4 Å². The van der Waals surface area contributed by atoms with Crippen LogP contribution in [-0.4, -0.2) is 48.8 Å². The predicted molar refractivity (Wildman–Crippen MR) is 118 cm³/mol. The molecule has 29 heavy (non-hydrogen) atoms. The molecule has 1 saturated heterocycles. The zero-order valence-electron chi connectivity index (χ0n) is 16.6. The predicted octanol–water partition coefficient (Wildman–Crippen LogP) is 4.27. The van der Waals surface area contributed by atoms with Gasteiger partial charge in [-0.2, -0.15) is 4.99 Å². The molecule has 1 aromatic carbocycles. The van der Waals surface area contributed by atoms with Crippen LogP contribution in [0.25, 0.3) is 6.08 Å². The molecular formula is C20H21N3O4S2. The van der Waals surface area contributed by atoms with Crippen LogP contribution in [0.1, 0.15) is 11.3 Å². The standard InChI is InChI=1S/C20H21N3O4S2/c1-6-9-23-18(24)15(29-20(23)22-19-21-12(2)11-28-19)10-13-7-8-14(25-3)17(27-5)16(13)26-4/h6-8,10-11H,1,9H2,2-5H3/b15-10-,22-20+. The van der Waals surface area contributed by atoms with Crippen molar-refractivity contribution in [2.75, 3.05) is 27.9 Å². The van der Waals surface area contributed by atoms with Crippen LogP contribution in [0.5, 0.6) is 17.2 Å². The quantitative estimate of drug-likeness (QED) is 0.482. The number of rotatable bonds is 7. The summed E-state index contributed by atoms with van der Waals surface area (Å²) in [6.45, 7) is 6.00. The Balaban J connectivity index is 2.02. The lowest BCUT2D eigenvalue weighted by atomic mass is 10.1. The number of aromatic nitrogens is 1. The van der Waals surface area contributed by atoms with Crippen molar-refractivity contribution < 1.29 is 19.0 Å². The lowest BCUT2D eigenvalue weighted by molar-refractivity contribution is -0.121. The highest BCUT2D eigenvalue weighted by atomic mass is 32.2. The highest BCUT2D eigenvalue weighted by Crippen LogP contribution is 2.42. The highest BCUT2D eigenvalue weighted by molar-refractivity contribution is 8.18. The Morgan fingerprint density at radius 1 is 1.21 bits per heavy atom. The maximum absolute atomic E-state index is 13.0. The molecule has 2 aromatic rings. The number of aryl methyl sites for hydroxylation is 1. The number of hydrogen-bond donors (Lipinski definition) is 0. The molecule has 0 radical (unpaired) electrons. The van der Waals surface area contributed by atoms with Gasteiger partial charge in [0.1, 0.15) is 0 Å². The first-order valence-electron chi connectivity index (χ1n) is 8.64. The number of aliphatic imine (C=N–C) groups is 1. The zero-order valence-corrected chi connectivity index (χ0v) is 18.2. The van der Waals surface area contributed by atoms with E-state index >= 15 is 0 Å². The third-order valence-electron chi connectivity index (χ3n) is 4.02. The summed E-state index contributed by atoms with van der Waals surface area (Å²) in [7, 11) is 4.64. The van der Waals surface area contributed by atoms with E-state index in [1.54, 1.807) is 44.4 Å². The van der Waals surface area contributed by atoms with Gasteiger partial charge >= 0.3 is 0 Å². The molecule has 2 heterocycles. The molecule has 1 aliphatic rings. The number of amidine groups is 1. The fourth-order valence-electron chi connectivity index (χ4n) is 2.74. The van der Waals surface area contributed by atoms with Crippen LogP contribution in [0.3, 0.4) is 0 Å². The number of ether oxygens (including phenoxy) is 3. The summed E-state index contributed by atoms with van der Waals surface area (Å²) in [5, 5.41) is 3.09. The van der Waals surface area contributed by atoms with Crippen LogP contribution in [0.15, 0.2) is 40.1 Å². The topological polar surface area (TPSA) is 73.2 Å². The van der Waals surface area contributed by atoms with Crippen molar-refractivity contribution in [3.63, 3.8) is 0 Å². The molecule has 0 aliphatic carbocycles. The van der Waals surface area contributed by atoms with E-state index in [0.717, 1.165) is 5.69 Å². The van der Waals surface area contributed by atoms with Crippen molar-refractivity contribution in [3.8, 4) is 17.2 Å². The van der Waals surface area contributed by atoms with Crippen LogP contribution in [0.2, 0.25) is 0 Å². The van der Waals surface area contributed by atoms with Gasteiger partial charge in [-0.15, -0.1) is 17.9 Å². The van der Waals surface area contributed by atoms with E-state index in [9.17, 15) is 4.79 Å². The average Bonchev–Trinajstić information content (AvgIpc) is 3.25. The Kier molecular flexibility index (Phi) is 6.60. The lowest BCUT2D eigenvalue weighted by Gasteiger charge is -2.14. The number of benzene rings is 1. The minimum atomic E-state index is -0.154. The molecule has 152 valence electrons. The number of carbonyl (C=O) groups excluding carboxylic acids is 1. The van der Waals surface area contributed by atoms with E-state index in [1.165, 1.54) is 23.1 Å². The van der Waals surface area contributed by atoms with Crippen LogP contribution >= 0.6 is 23.1 Å². The average molecular weight is 432 g/mol. The molecule has 7 nitrogen and oxygen atoms in total. The first-order valence-corrected chi connectivity index (χ1v) is 10.3. The Hall–Kier alpha value is -2.78. The molecule has 1 aliphatic heterocycles. The SMILES string of the molecule is C=CCN1C(=O)/C(=C/c2ccc(OC)c(OC)c2OC)S/C1=N/c1nc(C)cs1. The largest absolute Gasteiger partial charge is 0.493 e. The molecule has 0 N–H and O–H groups in total. The number of carbonyl (C=O) groups is 1. The fraction of sp³-hybridized carbons (Fsp3) is 0.250. The van der Waals surface area contributed by atoms with E-state index in [2.05, 4.69) is 16.6 Å². The number of hydrogen-bond acceptors (Lipinski definition) is 8. The number of amides is 1. The third kappa shape index (κ3) is 4.30. The van der Waals surface area contributed by atoms with Gasteiger partial charge in [0.2, 0.25) is 10.9 Å². The monoisotopic (exact) mass is 431 g/mol. The van der Waals surface area contributed by atoms with E-state index in [-0.39, 0.29) is 5.91 Å². The van der Waals surface area contributed by atoms with Gasteiger partial charge in [0.15, 0.2) is 16.7 Å². The molecular weight excluding hydrogens is 410 g/mol. The summed E-state index contributed by atoms with van der Waals surface area (Å²) >= 11 is 2.72. The zero-order chi connectivity index (χ0) is 21.0. The van der Waals surface area contributed by atoms with Crippen molar-refractivity contribution in [3.05, 3.63) is 46.3 Å². The summed E-state index contributed by atoms with van der Waals surface area (Å²) in [5.41, 5.74) is 1.59. The summed E-state index contributed by atoms with van der Waals surface area (Å²) in [6.07, 6.45) is 3.43. The molecule has 1 aromatic heterocycles. The van der Waals surface area contributed by atoms with Crippen LogP contribution < -0.4 is 14.2 Å². The van der Waals surface area contributed by atoms with Gasteiger partial charge in [-0.3, -0.25) is 9.69 Å². The smallest absolute Gasteiger partial charge is 0.267 e. The summed E-state index contributed by atoms with van der Waals surface area (Å²) in [6, 6.07) is 3.59. The highest BCUT2D eigenvalue weighted by Gasteiger charge is 2.33. The first kappa shape index (κ1) is 20.9. The maximum Gasteiger partial charge on any atom is 0.267 e. The fourth-order valence-corrected chi connectivity index (χ4v) is 4.44. The molecule has 3 rings (SSSR count). The Bertz CT molecular complexity index is 998. The molecule has 1 amide bonds. The van der Waals surface area contributed by atoms with Gasteiger partial charge in [-0.1, -0.05) is 6.08 Å². The minimum absolute atomic E-state index is 0.154. The van der Waals surface area contributed by atoms with Gasteiger partial charge in [-0.05, 0) is 36.9 Å². The molecule has 9 heteroatoms. The Morgan fingerprint density at radius 2 is 1.97 bits per heavy atom.